The van der Waals surface area contributed by atoms with Crippen molar-refractivity contribution in [2.45, 2.75) is 26.2 Å². The summed E-state index contributed by atoms with van der Waals surface area (Å²) in [4.78, 5) is 17.7. The highest BCUT2D eigenvalue weighted by atomic mass is 16.6. The van der Waals surface area contributed by atoms with Gasteiger partial charge in [0.25, 0.3) is 0 Å². The molecule has 2 N–H and O–H groups in total. The molecule has 0 spiro atoms. The van der Waals surface area contributed by atoms with E-state index >= 15 is 0 Å². The average Bonchev–Trinajstić information content (AvgIpc) is 2.01. The van der Waals surface area contributed by atoms with Crippen molar-refractivity contribution in [1.29, 1.82) is 0 Å². The predicted octanol–water partition coefficient (Wildman–Crippen LogP) is 1.26. The van der Waals surface area contributed by atoms with Gasteiger partial charge in [0, 0.05) is 5.41 Å². The van der Waals surface area contributed by atoms with E-state index in [2.05, 4.69) is 9.97 Å². The molecule has 0 saturated carbocycles. The van der Waals surface area contributed by atoms with Crippen molar-refractivity contribution in [1.82, 2.24) is 9.97 Å². The quantitative estimate of drug-likeness (QED) is 0.539. The second-order valence-corrected chi connectivity index (χ2v) is 3.96. The van der Waals surface area contributed by atoms with Crippen molar-refractivity contribution >= 4 is 11.5 Å². The summed E-state index contributed by atoms with van der Waals surface area (Å²) in [6.45, 7) is 5.51. The van der Waals surface area contributed by atoms with E-state index in [0.29, 0.717) is 5.69 Å². The maximum atomic E-state index is 10.7. The molecule has 14 heavy (non-hydrogen) atoms. The predicted molar refractivity (Wildman–Crippen MR) is 51.8 cm³/mol. The maximum Gasteiger partial charge on any atom is 0.332 e. The Bertz CT molecular complexity index is 370. The number of nitrogens with two attached hydrogens (primary N) is 1. The van der Waals surface area contributed by atoms with Gasteiger partial charge in [-0.1, -0.05) is 20.8 Å². The van der Waals surface area contributed by atoms with Gasteiger partial charge >= 0.3 is 5.69 Å². The van der Waals surface area contributed by atoms with Crippen LogP contribution < -0.4 is 5.73 Å². The lowest BCUT2D eigenvalue weighted by molar-refractivity contribution is -0.385. The second-order valence-electron chi connectivity index (χ2n) is 3.96. The molecule has 6 nitrogen and oxygen atoms in total. The number of hydrogen-bond donors (Lipinski definition) is 1. The average molecular weight is 196 g/mol. The SMILES string of the molecule is CC(C)(C)c1ncnc(N)c1[N+](=O)[O-]. The van der Waals surface area contributed by atoms with Crippen LogP contribution in [-0.4, -0.2) is 14.9 Å². The molecule has 76 valence electrons. The molecule has 0 aromatic carbocycles. The molecule has 0 aliphatic carbocycles. The number of hydrogen-bond acceptors (Lipinski definition) is 5. The highest BCUT2D eigenvalue weighted by molar-refractivity contribution is 5.56. The normalized spacial score (nSPS) is 11.4. The molecule has 1 heterocycles. The molecule has 6 heteroatoms. The third kappa shape index (κ3) is 1.78. The highest BCUT2D eigenvalue weighted by Crippen LogP contribution is 2.31. The lowest BCUT2D eigenvalue weighted by Crippen LogP contribution is -2.17. The van der Waals surface area contributed by atoms with Gasteiger partial charge in [0.15, 0.2) is 0 Å². The first-order chi connectivity index (χ1) is 6.34. The molecular weight excluding hydrogens is 184 g/mol. The Balaban J connectivity index is 3.44. The molecule has 0 radical (unpaired) electrons. The molecule has 0 aliphatic rings. The third-order valence-corrected chi connectivity index (χ3v) is 1.74. The lowest BCUT2D eigenvalue weighted by atomic mass is 9.91. The van der Waals surface area contributed by atoms with E-state index in [4.69, 9.17) is 5.73 Å². The van der Waals surface area contributed by atoms with Gasteiger partial charge in [-0.15, -0.1) is 0 Å². The molecule has 1 aromatic heterocycles. The zero-order valence-electron chi connectivity index (χ0n) is 8.31. The van der Waals surface area contributed by atoms with Crippen LogP contribution in [0.3, 0.4) is 0 Å². The van der Waals surface area contributed by atoms with Crippen molar-refractivity contribution in [3.05, 3.63) is 22.1 Å². The summed E-state index contributed by atoms with van der Waals surface area (Å²) in [7, 11) is 0. The Labute approximate surface area is 81.3 Å². The Morgan fingerprint density at radius 1 is 1.43 bits per heavy atom. The van der Waals surface area contributed by atoms with Gasteiger partial charge in [-0.2, -0.15) is 0 Å². The van der Waals surface area contributed by atoms with E-state index in [-0.39, 0.29) is 11.5 Å². The van der Waals surface area contributed by atoms with Crippen LogP contribution in [0.15, 0.2) is 6.33 Å². The van der Waals surface area contributed by atoms with Crippen LogP contribution in [0, 0.1) is 10.1 Å². The van der Waals surface area contributed by atoms with Gasteiger partial charge in [-0.05, 0) is 0 Å². The number of nitro groups is 1. The molecule has 0 atom stereocenters. The molecule has 1 rings (SSSR count). The number of anilines is 1. The zero-order valence-corrected chi connectivity index (χ0v) is 8.31. The van der Waals surface area contributed by atoms with E-state index in [0.717, 1.165) is 0 Å². The first-order valence-electron chi connectivity index (χ1n) is 4.09. The first kappa shape index (κ1) is 10.4. The van der Waals surface area contributed by atoms with Crippen molar-refractivity contribution < 1.29 is 4.92 Å². The molecule has 1 aromatic rings. The van der Waals surface area contributed by atoms with Crippen LogP contribution in [0.25, 0.3) is 0 Å². The van der Waals surface area contributed by atoms with Crippen LogP contribution in [0.5, 0.6) is 0 Å². The molecule has 0 amide bonds. The number of nitrogen functional groups attached to an aromatic ring is 1. The third-order valence-electron chi connectivity index (χ3n) is 1.74. The smallest absolute Gasteiger partial charge is 0.332 e. The van der Waals surface area contributed by atoms with E-state index < -0.39 is 10.3 Å². The standard InChI is InChI=1S/C8H12N4O2/c1-8(2,3)6-5(12(13)14)7(9)11-4-10-6/h4H,1-3H3,(H2,9,10,11). The maximum absolute atomic E-state index is 10.7. The molecule has 0 unspecified atom stereocenters. The fourth-order valence-electron chi connectivity index (χ4n) is 1.12. The summed E-state index contributed by atoms with van der Waals surface area (Å²) >= 11 is 0. The van der Waals surface area contributed by atoms with Crippen molar-refractivity contribution in [3.63, 3.8) is 0 Å². The van der Waals surface area contributed by atoms with E-state index in [1.54, 1.807) is 0 Å². The summed E-state index contributed by atoms with van der Waals surface area (Å²) in [5, 5.41) is 10.7. The Morgan fingerprint density at radius 3 is 2.36 bits per heavy atom. The van der Waals surface area contributed by atoms with E-state index in [1.807, 2.05) is 20.8 Å². The summed E-state index contributed by atoms with van der Waals surface area (Å²) < 4.78 is 0. The topological polar surface area (TPSA) is 94.9 Å². The van der Waals surface area contributed by atoms with Crippen LogP contribution in [0.2, 0.25) is 0 Å². The van der Waals surface area contributed by atoms with Crippen LogP contribution in [-0.2, 0) is 5.41 Å². The van der Waals surface area contributed by atoms with Crippen LogP contribution in [0.4, 0.5) is 11.5 Å². The summed E-state index contributed by atoms with van der Waals surface area (Å²) in [6, 6.07) is 0. The van der Waals surface area contributed by atoms with Crippen LogP contribution in [0.1, 0.15) is 26.5 Å². The molecule has 0 bridgehead atoms. The minimum atomic E-state index is -0.546. The summed E-state index contributed by atoms with van der Waals surface area (Å²) in [5.41, 5.74) is 5.17. The number of nitrogens with zero attached hydrogens (tertiary/aromatic N) is 3. The fraction of sp³-hybridized carbons (Fsp3) is 0.500. The molecule has 0 aliphatic heterocycles. The summed E-state index contributed by atoms with van der Waals surface area (Å²) in [6.07, 6.45) is 1.24. The fourth-order valence-corrected chi connectivity index (χ4v) is 1.12. The molecular formula is C8H12N4O2. The van der Waals surface area contributed by atoms with Gasteiger partial charge in [0.2, 0.25) is 5.82 Å². The lowest BCUT2D eigenvalue weighted by Gasteiger charge is -2.17. The Kier molecular flexibility index (Phi) is 2.37. The molecule has 0 fully saturated rings. The van der Waals surface area contributed by atoms with Gasteiger partial charge in [0.1, 0.15) is 12.0 Å². The number of rotatable bonds is 1. The van der Waals surface area contributed by atoms with Gasteiger partial charge in [-0.25, -0.2) is 9.97 Å². The second kappa shape index (κ2) is 3.21. The van der Waals surface area contributed by atoms with Crippen molar-refractivity contribution in [2.75, 3.05) is 5.73 Å². The van der Waals surface area contributed by atoms with Crippen LogP contribution >= 0.6 is 0 Å². The minimum absolute atomic E-state index is 0.0880. The summed E-state index contributed by atoms with van der Waals surface area (Å²) in [5.74, 6) is -0.0880. The van der Waals surface area contributed by atoms with E-state index in [9.17, 15) is 10.1 Å². The Morgan fingerprint density at radius 2 is 2.00 bits per heavy atom. The molecule has 0 saturated heterocycles. The van der Waals surface area contributed by atoms with Gasteiger partial charge < -0.3 is 5.73 Å². The monoisotopic (exact) mass is 196 g/mol. The minimum Gasteiger partial charge on any atom is -0.378 e. The van der Waals surface area contributed by atoms with Crippen molar-refractivity contribution in [3.8, 4) is 0 Å². The Hall–Kier alpha value is -1.72. The largest absolute Gasteiger partial charge is 0.378 e. The van der Waals surface area contributed by atoms with Crippen molar-refractivity contribution in [2.24, 2.45) is 0 Å². The zero-order chi connectivity index (χ0) is 10.9. The highest BCUT2D eigenvalue weighted by Gasteiger charge is 2.29. The van der Waals surface area contributed by atoms with Gasteiger partial charge in [0.05, 0.1) is 4.92 Å². The van der Waals surface area contributed by atoms with Gasteiger partial charge in [-0.3, -0.25) is 10.1 Å². The first-order valence-corrected chi connectivity index (χ1v) is 4.09. The number of aromatic nitrogens is 2. The van der Waals surface area contributed by atoms with E-state index in [1.165, 1.54) is 6.33 Å².